The third-order valence-electron chi connectivity index (χ3n) is 3.49. The van der Waals surface area contributed by atoms with Gasteiger partial charge in [-0.1, -0.05) is 11.3 Å². The minimum Gasteiger partial charge on any atom is -0.497 e. The minimum atomic E-state index is -0.555. The van der Waals surface area contributed by atoms with Gasteiger partial charge in [0.15, 0.2) is 5.69 Å². The van der Waals surface area contributed by atoms with E-state index < -0.39 is 11.8 Å². The molecule has 134 valence electrons. The Balaban J connectivity index is 1.72. The fourth-order valence-electron chi connectivity index (χ4n) is 2.20. The summed E-state index contributed by atoms with van der Waals surface area (Å²) in [4.78, 5) is 24.8. The number of hydrogen-bond acceptors (Lipinski definition) is 6. The number of aromatic nitrogens is 3. The van der Waals surface area contributed by atoms with Gasteiger partial charge in [0.25, 0.3) is 11.8 Å². The van der Waals surface area contributed by atoms with E-state index in [-0.39, 0.29) is 5.69 Å². The second-order valence-corrected chi connectivity index (χ2v) is 7.61. The molecule has 2 aromatic heterocycles. The number of rotatable bonds is 4. The summed E-state index contributed by atoms with van der Waals surface area (Å²) < 4.78 is 7.54. The smallest absolute Gasteiger partial charge is 0.292 e. The summed E-state index contributed by atoms with van der Waals surface area (Å²) in [6.45, 7) is 1.71. The quantitative estimate of drug-likeness (QED) is 0.613. The van der Waals surface area contributed by atoms with Crippen LogP contribution < -0.4 is 15.6 Å². The molecule has 0 radical (unpaired) electrons. The van der Waals surface area contributed by atoms with Gasteiger partial charge in [-0.15, -0.1) is 16.4 Å². The van der Waals surface area contributed by atoms with Gasteiger partial charge in [0.2, 0.25) is 0 Å². The Bertz CT molecular complexity index is 968. The monoisotopic (exact) mass is 435 g/mol. The van der Waals surface area contributed by atoms with Crippen LogP contribution in [0.5, 0.6) is 5.75 Å². The number of hydrazine groups is 1. The summed E-state index contributed by atoms with van der Waals surface area (Å²) in [5, 5.41) is 7.91. The number of ether oxygens (including phenoxy) is 1. The topological polar surface area (TPSA) is 98.1 Å². The number of halogens is 1. The van der Waals surface area contributed by atoms with Crippen molar-refractivity contribution in [3.63, 3.8) is 0 Å². The lowest BCUT2D eigenvalue weighted by atomic mass is 10.2. The van der Waals surface area contributed by atoms with Crippen molar-refractivity contribution in [1.82, 2.24) is 25.8 Å². The van der Waals surface area contributed by atoms with Gasteiger partial charge in [0, 0.05) is 6.07 Å². The number of carbonyl (C=O) groups is 2. The number of amides is 2. The van der Waals surface area contributed by atoms with Crippen molar-refractivity contribution < 1.29 is 14.3 Å². The molecule has 0 aliphatic heterocycles. The first kappa shape index (κ1) is 18.1. The average molecular weight is 436 g/mol. The molecule has 0 bridgehead atoms. The number of nitrogens with zero attached hydrogens (tertiary/aromatic N) is 3. The van der Waals surface area contributed by atoms with Crippen LogP contribution in [-0.4, -0.2) is 33.9 Å². The van der Waals surface area contributed by atoms with Crippen LogP contribution in [0.1, 0.15) is 25.9 Å². The molecule has 2 amide bonds. The molecule has 26 heavy (non-hydrogen) atoms. The van der Waals surface area contributed by atoms with Crippen LogP contribution in [0.2, 0.25) is 0 Å². The zero-order valence-corrected chi connectivity index (χ0v) is 16.2. The van der Waals surface area contributed by atoms with Gasteiger partial charge < -0.3 is 4.74 Å². The van der Waals surface area contributed by atoms with Crippen molar-refractivity contribution in [2.75, 3.05) is 7.11 Å². The maximum absolute atomic E-state index is 12.3. The van der Waals surface area contributed by atoms with Gasteiger partial charge in [-0.3, -0.25) is 20.4 Å². The second-order valence-electron chi connectivity index (χ2n) is 5.15. The van der Waals surface area contributed by atoms with Crippen LogP contribution in [0, 0.1) is 6.92 Å². The number of nitrogens with one attached hydrogen (secondary N) is 2. The Labute approximate surface area is 161 Å². The standard InChI is InChI=1S/C16H14BrN5O3S/c1-9-14(16(24)20-19-15(23)12-6-7-13(17)26-12)18-21-22(9)10-4-3-5-11(8-10)25-2/h3-8H,1-2H3,(H,19,23)(H,20,24). The second kappa shape index (κ2) is 7.67. The largest absolute Gasteiger partial charge is 0.497 e. The zero-order valence-electron chi connectivity index (χ0n) is 13.8. The molecule has 8 nitrogen and oxygen atoms in total. The maximum Gasteiger partial charge on any atom is 0.292 e. The third kappa shape index (κ3) is 3.75. The fraction of sp³-hybridized carbons (Fsp3) is 0.125. The van der Waals surface area contributed by atoms with E-state index in [1.54, 1.807) is 32.2 Å². The normalized spacial score (nSPS) is 10.4. The summed E-state index contributed by atoms with van der Waals surface area (Å²) in [5.41, 5.74) is 6.06. The van der Waals surface area contributed by atoms with E-state index in [4.69, 9.17) is 4.74 Å². The number of carbonyl (C=O) groups excluding carboxylic acids is 2. The van der Waals surface area contributed by atoms with Crippen molar-refractivity contribution in [2.45, 2.75) is 6.92 Å². The molecule has 0 fully saturated rings. The molecule has 3 aromatic rings. The maximum atomic E-state index is 12.3. The average Bonchev–Trinajstić information content (AvgIpc) is 3.25. The molecule has 3 rings (SSSR count). The van der Waals surface area contributed by atoms with Gasteiger partial charge in [-0.25, -0.2) is 4.68 Å². The molecular formula is C16H14BrN5O3S. The van der Waals surface area contributed by atoms with Gasteiger partial charge in [-0.2, -0.15) is 0 Å². The molecule has 0 unspecified atom stereocenters. The number of methoxy groups -OCH3 is 1. The predicted octanol–water partition coefficient (Wildman–Crippen LogP) is 2.48. The first-order valence-corrected chi connectivity index (χ1v) is 9.03. The summed E-state index contributed by atoms with van der Waals surface area (Å²) in [6, 6.07) is 10.6. The highest BCUT2D eigenvalue weighted by Crippen LogP contribution is 2.21. The summed E-state index contributed by atoms with van der Waals surface area (Å²) >= 11 is 4.54. The molecule has 0 aliphatic carbocycles. The fourth-order valence-corrected chi connectivity index (χ4v) is 3.48. The van der Waals surface area contributed by atoms with Crippen molar-refractivity contribution in [1.29, 1.82) is 0 Å². The summed E-state index contributed by atoms with van der Waals surface area (Å²) in [6.07, 6.45) is 0. The number of benzene rings is 1. The minimum absolute atomic E-state index is 0.112. The Morgan fingerprint density at radius 2 is 1.96 bits per heavy atom. The van der Waals surface area contributed by atoms with Crippen molar-refractivity contribution in [3.8, 4) is 11.4 Å². The van der Waals surface area contributed by atoms with E-state index in [1.807, 2.05) is 18.2 Å². The highest BCUT2D eigenvalue weighted by molar-refractivity contribution is 9.11. The van der Waals surface area contributed by atoms with Gasteiger partial charge in [0.05, 0.1) is 27.2 Å². The van der Waals surface area contributed by atoms with E-state index in [2.05, 4.69) is 37.1 Å². The van der Waals surface area contributed by atoms with E-state index >= 15 is 0 Å². The SMILES string of the molecule is COc1cccc(-n2nnc(C(=O)NNC(=O)c3ccc(Br)s3)c2C)c1. The third-order valence-corrected chi connectivity index (χ3v) is 5.12. The Morgan fingerprint density at radius 1 is 1.19 bits per heavy atom. The van der Waals surface area contributed by atoms with Gasteiger partial charge >= 0.3 is 0 Å². The molecule has 2 N–H and O–H groups in total. The molecule has 0 saturated carbocycles. The van der Waals surface area contributed by atoms with Crippen LogP contribution in [0.25, 0.3) is 5.69 Å². The summed E-state index contributed by atoms with van der Waals surface area (Å²) in [5.74, 6) is -0.301. The van der Waals surface area contributed by atoms with Crippen LogP contribution in [0.15, 0.2) is 40.2 Å². The van der Waals surface area contributed by atoms with Crippen molar-refractivity contribution in [2.24, 2.45) is 0 Å². The lowest BCUT2D eigenvalue weighted by Crippen LogP contribution is -2.41. The van der Waals surface area contributed by atoms with E-state index in [0.717, 1.165) is 3.79 Å². The Kier molecular flexibility index (Phi) is 5.33. The first-order valence-electron chi connectivity index (χ1n) is 7.42. The molecule has 1 aromatic carbocycles. The zero-order chi connectivity index (χ0) is 18.7. The Morgan fingerprint density at radius 3 is 2.65 bits per heavy atom. The number of thiophene rings is 1. The van der Waals surface area contributed by atoms with E-state index in [9.17, 15) is 9.59 Å². The molecule has 0 aliphatic rings. The van der Waals surface area contributed by atoms with E-state index in [0.29, 0.717) is 22.0 Å². The van der Waals surface area contributed by atoms with Crippen molar-refractivity contribution in [3.05, 3.63) is 56.4 Å². The molecule has 10 heteroatoms. The molecular weight excluding hydrogens is 422 g/mol. The number of hydrogen-bond donors (Lipinski definition) is 2. The van der Waals surface area contributed by atoms with Crippen LogP contribution in [-0.2, 0) is 0 Å². The van der Waals surface area contributed by atoms with Gasteiger partial charge in [0.1, 0.15) is 5.75 Å². The molecule has 0 saturated heterocycles. The molecule has 2 heterocycles. The molecule has 0 spiro atoms. The lowest BCUT2D eigenvalue weighted by Gasteiger charge is -2.07. The Hall–Kier alpha value is -2.72. The lowest BCUT2D eigenvalue weighted by molar-refractivity contribution is 0.0845. The molecule has 0 atom stereocenters. The highest BCUT2D eigenvalue weighted by atomic mass is 79.9. The van der Waals surface area contributed by atoms with Crippen LogP contribution in [0.3, 0.4) is 0 Å². The van der Waals surface area contributed by atoms with Gasteiger partial charge in [-0.05, 0) is 47.1 Å². The van der Waals surface area contributed by atoms with E-state index in [1.165, 1.54) is 16.0 Å². The highest BCUT2D eigenvalue weighted by Gasteiger charge is 2.18. The predicted molar refractivity (Wildman–Crippen MR) is 99.6 cm³/mol. The van der Waals surface area contributed by atoms with Crippen LogP contribution in [0.4, 0.5) is 0 Å². The van der Waals surface area contributed by atoms with Crippen LogP contribution >= 0.6 is 27.3 Å². The van der Waals surface area contributed by atoms with Crippen molar-refractivity contribution >= 4 is 39.1 Å². The first-order chi connectivity index (χ1) is 12.5. The summed E-state index contributed by atoms with van der Waals surface area (Å²) in [7, 11) is 1.57.